The second-order valence-corrected chi connectivity index (χ2v) is 15.2. The Bertz CT molecular complexity index is 3120. The van der Waals surface area contributed by atoms with Crippen LogP contribution in [-0.2, 0) is 5.41 Å². The molecule has 0 radical (unpaired) electrons. The second kappa shape index (κ2) is 13.1. The van der Waals surface area contributed by atoms with Crippen LogP contribution in [0.4, 0.5) is 34.1 Å². The highest BCUT2D eigenvalue weighted by Crippen LogP contribution is 2.64. The first-order valence-corrected chi connectivity index (χ1v) is 20.1. The minimum absolute atomic E-state index is 0.675. The van der Waals surface area contributed by atoms with Crippen molar-refractivity contribution in [2.75, 3.05) is 9.80 Å². The third-order valence-corrected chi connectivity index (χ3v) is 12.1. The maximum absolute atomic E-state index is 6.98. The van der Waals surface area contributed by atoms with Crippen LogP contribution in [-0.4, -0.2) is 0 Å². The summed E-state index contributed by atoms with van der Waals surface area (Å²) in [4.78, 5) is 4.68. The first-order valence-electron chi connectivity index (χ1n) is 20.1. The fourth-order valence-corrected chi connectivity index (χ4v) is 9.75. The minimum atomic E-state index is -0.675. The van der Waals surface area contributed by atoms with Gasteiger partial charge in [-0.3, -0.25) is 0 Å². The van der Waals surface area contributed by atoms with E-state index >= 15 is 0 Å². The van der Waals surface area contributed by atoms with Crippen LogP contribution in [0.3, 0.4) is 0 Å². The number of fused-ring (bicyclic) bond motifs is 12. The molecule has 1 spiro atoms. The summed E-state index contributed by atoms with van der Waals surface area (Å²) in [7, 11) is 0. The normalized spacial score (nSPS) is 13.0. The van der Waals surface area contributed by atoms with Crippen molar-refractivity contribution in [1.82, 2.24) is 0 Å². The quantitative estimate of drug-likeness (QED) is 0.169. The van der Waals surface area contributed by atoms with Crippen molar-refractivity contribution in [2.45, 2.75) is 5.41 Å². The second-order valence-electron chi connectivity index (χ2n) is 15.2. The van der Waals surface area contributed by atoms with E-state index in [0.29, 0.717) is 0 Å². The van der Waals surface area contributed by atoms with Gasteiger partial charge in [0.1, 0.15) is 17.1 Å². The van der Waals surface area contributed by atoms with Gasteiger partial charge in [0.2, 0.25) is 0 Å². The molecule has 0 atom stereocenters. The number of hydrogen-bond acceptors (Lipinski definition) is 4. The number of rotatable bonds is 6. The highest BCUT2D eigenvalue weighted by Gasteiger charge is 2.52. The molecule has 1 aliphatic heterocycles. The lowest BCUT2D eigenvalue weighted by atomic mass is 9.65. The molecule has 0 unspecified atom stereocenters. The molecule has 0 saturated carbocycles. The van der Waals surface area contributed by atoms with Gasteiger partial charge in [-0.05, 0) is 101 Å². The van der Waals surface area contributed by atoms with E-state index in [-0.39, 0.29) is 0 Å². The van der Waals surface area contributed by atoms with Crippen LogP contribution in [0.1, 0.15) is 22.3 Å². The molecule has 1 aromatic heterocycles. The predicted molar refractivity (Wildman–Crippen MR) is 240 cm³/mol. The number of hydrogen-bond donors (Lipinski definition) is 0. The Balaban J connectivity index is 1.15. The van der Waals surface area contributed by atoms with Crippen LogP contribution >= 0.6 is 0 Å². The molecule has 0 fully saturated rings. The summed E-state index contributed by atoms with van der Waals surface area (Å²) >= 11 is 0. The van der Waals surface area contributed by atoms with E-state index < -0.39 is 5.41 Å². The molecule has 12 rings (SSSR count). The Morgan fingerprint density at radius 2 is 0.831 bits per heavy atom. The molecule has 0 N–H and O–H groups in total. The molecular weight excluding hydrogens is 721 g/mol. The van der Waals surface area contributed by atoms with Crippen molar-refractivity contribution in [3.05, 3.63) is 241 Å². The minimum Gasteiger partial charge on any atom is -0.457 e. The molecule has 9 aromatic carbocycles. The zero-order valence-corrected chi connectivity index (χ0v) is 32.0. The zero-order valence-electron chi connectivity index (χ0n) is 32.0. The van der Waals surface area contributed by atoms with Crippen molar-refractivity contribution < 1.29 is 9.15 Å². The molecule has 0 amide bonds. The summed E-state index contributed by atoms with van der Waals surface area (Å²) in [6.07, 6.45) is 0. The Kier molecular flexibility index (Phi) is 7.41. The maximum atomic E-state index is 6.98. The van der Waals surface area contributed by atoms with Crippen molar-refractivity contribution in [2.24, 2.45) is 0 Å². The Labute approximate surface area is 342 Å². The Morgan fingerprint density at radius 1 is 0.339 bits per heavy atom. The van der Waals surface area contributed by atoms with Gasteiger partial charge in [0.15, 0.2) is 5.58 Å². The average molecular weight is 757 g/mol. The van der Waals surface area contributed by atoms with Crippen LogP contribution in [0.15, 0.2) is 223 Å². The van der Waals surface area contributed by atoms with E-state index in [1.807, 2.05) is 6.07 Å². The first kappa shape index (κ1) is 33.3. The molecule has 10 aromatic rings. The van der Waals surface area contributed by atoms with Crippen molar-refractivity contribution in [3.8, 4) is 22.6 Å². The van der Waals surface area contributed by atoms with Crippen LogP contribution in [0, 0.1) is 0 Å². The third-order valence-electron chi connectivity index (χ3n) is 12.1. The zero-order chi connectivity index (χ0) is 38.9. The molecule has 4 nitrogen and oxygen atoms in total. The Morgan fingerprint density at radius 3 is 1.53 bits per heavy atom. The molecule has 4 heteroatoms. The number of ether oxygens (including phenoxy) is 1. The van der Waals surface area contributed by atoms with Crippen LogP contribution in [0.2, 0.25) is 0 Å². The molecule has 0 bridgehead atoms. The summed E-state index contributed by atoms with van der Waals surface area (Å²) in [5.41, 5.74) is 14.3. The van der Waals surface area contributed by atoms with E-state index in [4.69, 9.17) is 9.15 Å². The van der Waals surface area contributed by atoms with E-state index in [1.165, 1.54) is 22.3 Å². The number of benzene rings is 9. The van der Waals surface area contributed by atoms with Gasteiger partial charge in [0.05, 0.1) is 16.8 Å². The largest absolute Gasteiger partial charge is 0.457 e. The number of nitrogens with zero attached hydrogens (tertiary/aromatic N) is 2. The van der Waals surface area contributed by atoms with Crippen molar-refractivity contribution >= 4 is 56.1 Å². The number of anilines is 6. The monoisotopic (exact) mass is 756 g/mol. The molecule has 2 aliphatic rings. The van der Waals surface area contributed by atoms with E-state index in [2.05, 4.69) is 222 Å². The number of furan rings is 1. The summed E-state index contributed by atoms with van der Waals surface area (Å²) in [6, 6.07) is 77.6. The van der Waals surface area contributed by atoms with Crippen LogP contribution in [0.25, 0.3) is 33.1 Å². The van der Waals surface area contributed by atoms with Gasteiger partial charge in [-0.1, -0.05) is 140 Å². The standard InChI is InChI=1S/C55H36N2O2/c1-3-17-37(18-4-1)56(38-19-5-2-6-20-38)39-33-35-40(36-34-39)57(49-29-15-24-44-43-23-9-13-30-50(43)59-54(44)49)48-28-16-32-52-53(48)55(47-27-12-14-31-51(47)58-52)45-25-10-7-21-41(45)42-22-8-11-26-46(42)55/h1-36H. The highest BCUT2D eigenvalue weighted by molar-refractivity contribution is 6.10. The van der Waals surface area contributed by atoms with Gasteiger partial charge < -0.3 is 19.0 Å². The summed E-state index contributed by atoms with van der Waals surface area (Å²) in [5.74, 6) is 1.69. The van der Waals surface area contributed by atoms with Gasteiger partial charge in [0, 0.05) is 44.6 Å². The van der Waals surface area contributed by atoms with Crippen molar-refractivity contribution in [3.63, 3.8) is 0 Å². The molecule has 0 saturated heterocycles. The molecule has 1 aliphatic carbocycles. The first-order chi connectivity index (χ1) is 29.3. The van der Waals surface area contributed by atoms with Crippen molar-refractivity contribution in [1.29, 1.82) is 0 Å². The number of para-hydroxylation sites is 5. The summed E-state index contributed by atoms with van der Waals surface area (Å²) in [5, 5.41) is 2.15. The maximum Gasteiger partial charge on any atom is 0.159 e. The van der Waals surface area contributed by atoms with Gasteiger partial charge >= 0.3 is 0 Å². The van der Waals surface area contributed by atoms with Gasteiger partial charge in [-0.15, -0.1) is 0 Å². The lowest BCUT2D eigenvalue weighted by Gasteiger charge is -2.42. The smallest absolute Gasteiger partial charge is 0.159 e. The molecule has 2 heterocycles. The lowest BCUT2D eigenvalue weighted by Crippen LogP contribution is -2.34. The lowest BCUT2D eigenvalue weighted by molar-refractivity contribution is 0.437. The topological polar surface area (TPSA) is 28.9 Å². The average Bonchev–Trinajstić information content (AvgIpc) is 3.83. The fraction of sp³-hybridized carbons (Fsp3) is 0.0182. The van der Waals surface area contributed by atoms with E-state index in [0.717, 1.165) is 78.7 Å². The summed E-state index contributed by atoms with van der Waals surface area (Å²) < 4.78 is 13.8. The van der Waals surface area contributed by atoms with Crippen LogP contribution in [0.5, 0.6) is 11.5 Å². The van der Waals surface area contributed by atoms with Crippen LogP contribution < -0.4 is 14.5 Å². The fourth-order valence-electron chi connectivity index (χ4n) is 9.75. The molecule has 59 heavy (non-hydrogen) atoms. The Hall–Kier alpha value is -7.82. The highest BCUT2D eigenvalue weighted by atomic mass is 16.5. The van der Waals surface area contributed by atoms with Gasteiger partial charge in [-0.2, -0.15) is 0 Å². The molecular formula is C55H36N2O2. The van der Waals surface area contributed by atoms with Gasteiger partial charge in [-0.25, -0.2) is 0 Å². The third kappa shape index (κ3) is 4.90. The van der Waals surface area contributed by atoms with Gasteiger partial charge in [0.25, 0.3) is 0 Å². The van der Waals surface area contributed by atoms with E-state index in [1.54, 1.807) is 0 Å². The van der Waals surface area contributed by atoms with E-state index in [9.17, 15) is 0 Å². The predicted octanol–water partition coefficient (Wildman–Crippen LogP) is 15.0. The SMILES string of the molecule is c1ccc(N(c2ccccc2)c2ccc(N(c3cccc4c3C3(c5ccccc5O4)c4ccccc4-c4ccccc43)c3cccc4c3oc3ccccc34)cc2)cc1. The summed E-state index contributed by atoms with van der Waals surface area (Å²) in [6.45, 7) is 0. The molecule has 278 valence electrons.